The summed E-state index contributed by atoms with van der Waals surface area (Å²) in [5, 5.41) is 7.24. The van der Waals surface area contributed by atoms with E-state index >= 15 is 0 Å². The Morgan fingerprint density at radius 3 is 2.81 bits per heavy atom. The smallest absolute Gasteiger partial charge is 0.138 e. The summed E-state index contributed by atoms with van der Waals surface area (Å²) >= 11 is 0. The normalized spacial score (nSPS) is 12.6. The van der Waals surface area contributed by atoms with Gasteiger partial charge in [-0.15, -0.1) is 0 Å². The number of likely N-dealkylation sites (N-methyl/N-ethyl adjacent to an activating group) is 1. The predicted octanol–water partition coefficient (Wildman–Crippen LogP) is 0.108. The van der Waals surface area contributed by atoms with Gasteiger partial charge in [0.15, 0.2) is 0 Å². The molecule has 1 unspecified atom stereocenters. The number of aromatic nitrogens is 5. The lowest BCUT2D eigenvalue weighted by Crippen LogP contribution is -2.21. The van der Waals surface area contributed by atoms with Crippen LogP contribution >= 0.6 is 0 Å². The molecule has 0 saturated heterocycles. The number of rotatable bonds is 4. The van der Waals surface area contributed by atoms with Crippen molar-refractivity contribution >= 4 is 0 Å². The highest BCUT2D eigenvalue weighted by molar-refractivity contribution is 5.05. The second-order valence-corrected chi connectivity index (χ2v) is 3.48. The van der Waals surface area contributed by atoms with Gasteiger partial charge in [-0.3, -0.25) is 14.6 Å². The lowest BCUT2D eigenvalue weighted by molar-refractivity contribution is 0.539. The molecule has 0 aromatic carbocycles. The molecule has 0 amide bonds. The van der Waals surface area contributed by atoms with Crippen LogP contribution < -0.4 is 5.32 Å². The minimum absolute atomic E-state index is 0.108. The third-order valence-corrected chi connectivity index (χ3v) is 2.48. The Kier molecular flexibility index (Phi) is 3.21. The largest absolute Gasteiger partial charge is 0.311 e. The summed E-state index contributed by atoms with van der Waals surface area (Å²) in [6.45, 7) is 0. The quantitative estimate of drug-likeness (QED) is 0.788. The van der Waals surface area contributed by atoms with E-state index < -0.39 is 0 Å². The van der Waals surface area contributed by atoms with Crippen LogP contribution in [0, 0.1) is 0 Å². The molecular formula is C10H14N6. The van der Waals surface area contributed by atoms with E-state index in [-0.39, 0.29) is 6.04 Å². The highest BCUT2D eigenvalue weighted by Crippen LogP contribution is 2.12. The van der Waals surface area contributed by atoms with Crippen LogP contribution in [-0.4, -0.2) is 31.8 Å². The van der Waals surface area contributed by atoms with Crippen molar-refractivity contribution in [3.8, 4) is 0 Å². The minimum atomic E-state index is 0.108. The van der Waals surface area contributed by atoms with Crippen molar-refractivity contribution in [3.05, 3.63) is 36.4 Å². The topological polar surface area (TPSA) is 68.5 Å². The molecule has 1 N–H and O–H groups in total. The van der Waals surface area contributed by atoms with Crippen molar-refractivity contribution < 1.29 is 0 Å². The Balaban J connectivity index is 2.16. The number of nitrogens with zero attached hydrogens (tertiary/aromatic N) is 5. The fraction of sp³-hybridized carbons (Fsp3) is 0.400. The van der Waals surface area contributed by atoms with Crippen LogP contribution in [0.1, 0.15) is 17.6 Å². The summed E-state index contributed by atoms with van der Waals surface area (Å²) in [6.07, 6.45) is 7.41. The molecule has 0 aliphatic heterocycles. The van der Waals surface area contributed by atoms with Gasteiger partial charge in [-0.05, 0) is 7.05 Å². The average molecular weight is 218 g/mol. The van der Waals surface area contributed by atoms with Crippen molar-refractivity contribution in [2.24, 2.45) is 7.05 Å². The van der Waals surface area contributed by atoms with E-state index in [9.17, 15) is 0 Å². The first-order valence-electron chi connectivity index (χ1n) is 5.07. The Labute approximate surface area is 93.8 Å². The van der Waals surface area contributed by atoms with Gasteiger partial charge < -0.3 is 5.32 Å². The molecule has 0 saturated carbocycles. The monoisotopic (exact) mass is 218 g/mol. The Morgan fingerprint density at radius 2 is 2.25 bits per heavy atom. The number of aryl methyl sites for hydroxylation is 1. The van der Waals surface area contributed by atoms with Gasteiger partial charge in [0.25, 0.3) is 0 Å². The van der Waals surface area contributed by atoms with Crippen LogP contribution in [0.15, 0.2) is 24.9 Å². The predicted molar refractivity (Wildman–Crippen MR) is 58.5 cm³/mol. The van der Waals surface area contributed by atoms with E-state index in [1.54, 1.807) is 29.6 Å². The van der Waals surface area contributed by atoms with Gasteiger partial charge in [0.05, 0.1) is 11.7 Å². The maximum absolute atomic E-state index is 4.28. The molecule has 0 spiro atoms. The molecule has 2 aromatic rings. The Hall–Kier alpha value is -1.82. The highest BCUT2D eigenvalue weighted by atomic mass is 15.3. The van der Waals surface area contributed by atoms with Gasteiger partial charge >= 0.3 is 0 Å². The van der Waals surface area contributed by atoms with Crippen LogP contribution in [-0.2, 0) is 13.5 Å². The number of hydrogen-bond donors (Lipinski definition) is 1. The van der Waals surface area contributed by atoms with Gasteiger partial charge in [-0.1, -0.05) is 0 Å². The van der Waals surface area contributed by atoms with E-state index in [0.717, 1.165) is 17.9 Å². The zero-order valence-electron chi connectivity index (χ0n) is 9.33. The first-order chi connectivity index (χ1) is 7.81. The fourth-order valence-corrected chi connectivity index (χ4v) is 1.53. The molecule has 0 bridgehead atoms. The summed E-state index contributed by atoms with van der Waals surface area (Å²) in [5.74, 6) is 0.921. The Bertz CT molecular complexity index is 438. The summed E-state index contributed by atoms with van der Waals surface area (Å²) in [7, 11) is 3.78. The summed E-state index contributed by atoms with van der Waals surface area (Å²) in [6, 6.07) is 0.108. The molecular weight excluding hydrogens is 204 g/mol. The summed E-state index contributed by atoms with van der Waals surface area (Å²) in [5.41, 5.74) is 0.910. The van der Waals surface area contributed by atoms with E-state index in [1.807, 2.05) is 14.1 Å². The highest BCUT2D eigenvalue weighted by Gasteiger charge is 2.14. The molecule has 1 atom stereocenters. The zero-order chi connectivity index (χ0) is 11.4. The van der Waals surface area contributed by atoms with E-state index in [2.05, 4.69) is 25.4 Å². The van der Waals surface area contributed by atoms with Crippen LogP contribution in [0.25, 0.3) is 0 Å². The minimum Gasteiger partial charge on any atom is -0.311 e. The van der Waals surface area contributed by atoms with Gasteiger partial charge in [0, 0.05) is 32.1 Å². The first kappa shape index (κ1) is 10.7. The van der Waals surface area contributed by atoms with Crippen molar-refractivity contribution in [1.29, 1.82) is 0 Å². The van der Waals surface area contributed by atoms with E-state index in [0.29, 0.717) is 0 Å². The third kappa shape index (κ3) is 2.22. The second kappa shape index (κ2) is 4.80. The molecule has 84 valence electrons. The van der Waals surface area contributed by atoms with E-state index in [1.165, 1.54) is 0 Å². The molecule has 6 nitrogen and oxygen atoms in total. The van der Waals surface area contributed by atoms with Crippen molar-refractivity contribution in [2.75, 3.05) is 7.05 Å². The molecule has 0 radical (unpaired) electrons. The molecule has 6 heteroatoms. The lowest BCUT2D eigenvalue weighted by atomic mass is 10.1. The van der Waals surface area contributed by atoms with Crippen molar-refractivity contribution in [2.45, 2.75) is 12.5 Å². The van der Waals surface area contributed by atoms with Crippen LogP contribution in [0.5, 0.6) is 0 Å². The SMILES string of the molecule is CNC(Cc1ncnn1C)c1cnccn1. The molecule has 2 heterocycles. The summed E-state index contributed by atoms with van der Waals surface area (Å²) < 4.78 is 1.76. The molecule has 2 aromatic heterocycles. The molecule has 0 fully saturated rings. The summed E-state index contributed by atoms with van der Waals surface area (Å²) in [4.78, 5) is 12.5. The average Bonchev–Trinajstić information content (AvgIpc) is 2.73. The third-order valence-electron chi connectivity index (χ3n) is 2.48. The Morgan fingerprint density at radius 1 is 1.38 bits per heavy atom. The molecule has 0 aliphatic carbocycles. The molecule has 16 heavy (non-hydrogen) atoms. The standard InChI is InChI=1S/C10H14N6/c1-11-8(9-6-12-3-4-13-9)5-10-14-7-15-16(10)2/h3-4,6-8,11H,5H2,1-2H3. The van der Waals surface area contributed by atoms with Crippen LogP contribution in [0.2, 0.25) is 0 Å². The van der Waals surface area contributed by atoms with Crippen LogP contribution in [0.3, 0.4) is 0 Å². The number of hydrogen-bond acceptors (Lipinski definition) is 5. The second-order valence-electron chi connectivity index (χ2n) is 3.48. The lowest BCUT2D eigenvalue weighted by Gasteiger charge is -2.14. The first-order valence-corrected chi connectivity index (χ1v) is 5.07. The maximum atomic E-state index is 4.28. The molecule has 0 aliphatic rings. The van der Waals surface area contributed by atoms with Gasteiger partial charge in [0.1, 0.15) is 12.2 Å². The number of nitrogens with one attached hydrogen (secondary N) is 1. The van der Waals surface area contributed by atoms with Gasteiger partial charge in [-0.2, -0.15) is 5.10 Å². The fourth-order valence-electron chi connectivity index (χ4n) is 1.53. The van der Waals surface area contributed by atoms with Crippen molar-refractivity contribution in [3.63, 3.8) is 0 Å². The van der Waals surface area contributed by atoms with Gasteiger partial charge in [0.2, 0.25) is 0 Å². The maximum Gasteiger partial charge on any atom is 0.138 e. The van der Waals surface area contributed by atoms with Crippen LogP contribution in [0.4, 0.5) is 0 Å². The molecule has 2 rings (SSSR count). The van der Waals surface area contributed by atoms with Gasteiger partial charge in [-0.25, -0.2) is 4.98 Å². The van der Waals surface area contributed by atoms with Crippen molar-refractivity contribution in [1.82, 2.24) is 30.0 Å². The van der Waals surface area contributed by atoms with E-state index in [4.69, 9.17) is 0 Å². The zero-order valence-corrected chi connectivity index (χ0v) is 9.33.